The monoisotopic (exact) mass is 364 g/mol. The SMILES string of the molecule is CCCCNC(=O)N(CC(=O)N(CCCC)Cc1cccn1C)C(C)C. The number of nitrogens with one attached hydrogen (secondary N) is 1. The molecule has 0 radical (unpaired) electrons. The van der Waals surface area contributed by atoms with Crippen molar-refractivity contribution in [3.05, 3.63) is 24.0 Å². The lowest BCUT2D eigenvalue weighted by atomic mass is 10.2. The standard InChI is InChI=1S/C20H36N4O2/c1-6-8-12-21-20(26)24(17(3)4)16-19(25)23(14-9-7-2)15-18-11-10-13-22(18)5/h10-11,13,17H,6-9,12,14-16H2,1-5H3,(H,21,26). The van der Waals surface area contributed by atoms with Crippen molar-refractivity contribution in [3.63, 3.8) is 0 Å². The summed E-state index contributed by atoms with van der Waals surface area (Å²) in [6.07, 6.45) is 5.95. The molecule has 0 atom stereocenters. The molecule has 6 nitrogen and oxygen atoms in total. The van der Waals surface area contributed by atoms with Gasteiger partial charge in [0, 0.05) is 38.1 Å². The maximum absolute atomic E-state index is 12.9. The Balaban J connectivity index is 2.77. The minimum atomic E-state index is -0.156. The van der Waals surface area contributed by atoms with Crippen molar-refractivity contribution >= 4 is 11.9 Å². The van der Waals surface area contributed by atoms with Gasteiger partial charge in [-0.15, -0.1) is 0 Å². The lowest BCUT2D eigenvalue weighted by Crippen LogP contribution is -2.49. The molecule has 26 heavy (non-hydrogen) atoms. The van der Waals surface area contributed by atoms with Gasteiger partial charge in [0.15, 0.2) is 0 Å². The van der Waals surface area contributed by atoms with E-state index in [0.29, 0.717) is 19.6 Å². The average Bonchev–Trinajstić information content (AvgIpc) is 3.00. The van der Waals surface area contributed by atoms with E-state index in [1.807, 2.05) is 48.7 Å². The normalized spacial score (nSPS) is 10.8. The summed E-state index contributed by atoms with van der Waals surface area (Å²) in [6, 6.07) is 3.84. The molecular weight excluding hydrogens is 328 g/mol. The number of urea groups is 1. The highest BCUT2D eigenvalue weighted by Gasteiger charge is 2.23. The first kappa shape index (κ1) is 22.1. The van der Waals surface area contributed by atoms with Crippen LogP contribution in [0.15, 0.2) is 18.3 Å². The molecule has 0 aliphatic heterocycles. The predicted octanol–water partition coefficient (Wildman–Crippen LogP) is 3.37. The maximum atomic E-state index is 12.9. The van der Waals surface area contributed by atoms with Crippen LogP contribution in [0.5, 0.6) is 0 Å². The minimum absolute atomic E-state index is 0.000934. The second-order valence-corrected chi connectivity index (χ2v) is 7.09. The second kappa shape index (κ2) is 11.6. The highest BCUT2D eigenvalue weighted by Crippen LogP contribution is 2.09. The van der Waals surface area contributed by atoms with Crippen molar-refractivity contribution < 1.29 is 9.59 Å². The Hall–Kier alpha value is -1.98. The van der Waals surface area contributed by atoms with Crippen molar-refractivity contribution in [3.8, 4) is 0 Å². The van der Waals surface area contributed by atoms with Crippen LogP contribution >= 0.6 is 0 Å². The van der Waals surface area contributed by atoms with Gasteiger partial charge in [0.2, 0.25) is 5.91 Å². The van der Waals surface area contributed by atoms with E-state index in [0.717, 1.165) is 31.4 Å². The van der Waals surface area contributed by atoms with Gasteiger partial charge in [-0.2, -0.15) is 0 Å². The number of unbranched alkanes of at least 4 members (excludes halogenated alkanes) is 2. The number of carbonyl (C=O) groups is 2. The van der Waals surface area contributed by atoms with Crippen LogP contribution in [0.1, 0.15) is 59.1 Å². The minimum Gasteiger partial charge on any atom is -0.353 e. The van der Waals surface area contributed by atoms with Gasteiger partial charge in [0.25, 0.3) is 0 Å². The zero-order chi connectivity index (χ0) is 19.5. The van der Waals surface area contributed by atoms with Gasteiger partial charge >= 0.3 is 6.03 Å². The van der Waals surface area contributed by atoms with E-state index < -0.39 is 0 Å². The van der Waals surface area contributed by atoms with Gasteiger partial charge in [0.05, 0.1) is 6.54 Å². The average molecular weight is 365 g/mol. The van der Waals surface area contributed by atoms with Crippen molar-refractivity contribution in [1.29, 1.82) is 0 Å². The lowest BCUT2D eigenvalue weighted by molar-refractivity contribution is -0.133. The fraction of sp³-hybridized carbons (Fsp3) is 0.700. The Morgan fingerprint density at radius 1 is 1.19 bits per heavy atom. The number of hydrogen-bond acceptors (Lipinski definition) is 2. The molecule has 148 valence electrons. The third kappa shape index (κ3) is 7.10. The van der Waals surface area contributed by atoms with Gasteiger partial charge in [-0.05, 0) is 38.8 Å². The summed E-state index contributed by atoms with van der Waals surface area (Å²) in [7, 11) is 1.99. The van der Waals surface area contributed by atoms with Crippen LogP contribution in [0, 0.1) is 0 Å². The van der Waals surface area contributed by atoms with Crippen molar-refractivity contribution in [1.82, 2.24) is 19.7 Å². The summed E-state index contributed by atoms with van der Waals surface area (Å²) in [5.41, 5.74) is 1.10. The number of carbonyl (C=O) groups excluding carboxylic acids is 2. The summed E-state index contributed by atoms with van der Waals surface area (Å²) < 4.78 is 2.03. The van der Waals surface area contributed by atoms with E-state index in [9.17, 15) is 9.59 Å². The zero-order valence-corrected chi connectivity index (χ0v) is 17.1. The van der Waals surface area contributed by atoms with E-state index in [1.54, 1.807) is 4.90 Å². The molecule has 1 rings (SSSR count). The Kier molecular flexibility index (Phi) is 9.84. The molecule has 0 unspecified atom stereocenters. The van der Waals surface area contributed by atoms with E-state index >= 15 is 0 Å². The topological polar surface area (TPSA) is 57.6 Å². The molecular formula is C20H36N4O2. The Morgan fingerprint density at radius 3 is 2.42 bits per heavy atom. The number of aryl methyl sites for hydroxylation is 1. The van der Waals surface area contributed by atoms with Crippen molar-refractivity contribution in [2.75, 3.05) is 19.6 Å². The molecule has 0 aliphatic rings. The van der Waals surface area contributed by atoms with E-state index in [4.69, 9.17) is 0 Å². The highest BCUT2D eigenvalue weighted by atomic mass is 16.2. The molecule has 6 heteroatoms. The molecule has 0 bridgehead atoms. The van der Waals surface area contributed by atoms with Crippen LogP contribution in [0.4, 0.5) is 4.79 Å². The molecule has 1 aromatic rings. The molecule has 0 aliphatic carbocycles. The molecule has 0 saturated carbocycles. The van der Waals surface area contributed by atoms with Crippen LogP contribution in [-0.2, 0) is 18.4 Å². The Morgan fingerprint density at radius 2 is 1.88 bits per heavy atom. The summed E-state index contributed by atoms with van der Waals surface area (Å²) in [4.78, 5) is 28.9. The first-order valence-electron chi connectivity index (χ1n) is 9.83. The fourth-order valence-corrected chi connectivity index (χ4v) is 2.71. The van der Waals surface area contributed by atoms with Gasteiger partial charge in [0.1, 0.15) is 6.54 Å². The Labute approximate surface area is 158 Å². The molecule has 3 amide bonds. The number of nitrogens with zero attached hydrogens (tertiary/aromatic N) is 3. The van der Waals surface area contributed by atoms with Crippen LogP contribution < -0.4 is 5.32 Å². The molecule has 1 heterocycles. The number of hydrogen-bond donors (Lipinski definition) is 1. The molecule has 1 N–H and O–H groups in total. The fourth-order valence-electron chi connectivity index (χ4n) is 2.71. The van der Waals surface area contributed by atoms with Crippen molar-refractivity contribution in [2.45, 2.75) is 66.0 Å². The summed E-state index contributed by atoms with van der Waals surface area (Å²) >= 11 is 0. The maximum Gasteiger partial charge on any atom is 0.318 e. The molecule has 0 saturated heterocycles. The first-order valence-corrected chi connectivity index (χ1v) is 9.83. The summed E-state index contributed by atoms with van der Waals surface area (Å²) in [5.74, 6) is -0.000934. The van der Waals surface area contributed by atoms with Crippen LogP contribution in [0.25, 0.3) is 0 Å². The number of amides is 3. The van der Waals surface area contributed by atoms with E-state index in [2.05, 4.69) is 19.2 Å². The van der Waals surface area contributed by atoms with Gasteiger partial charge < -0.3 is 19.7 Å². The molecule has 1 aromatic heterocycles. The number of aromatic nitrogens is 1. The van der Waals surface area contributed by atoms with Crippen LogP contribution in [-0.4, -0.2) is 52.0 Å². The van der Waals surface area contributed by atoms with Gasteiger partial charge in [-0.3, -0.25) is 4.79 Å². The smallest absolute Gasteiger partial charge is 0.318 e. The number of rotatable bonds is 11. The third-order valence-electron chi connectivity index (χ3n) is 4.53. The second-order valence-electron chi connectivity index (χ2n) is 7.09. The first-order chi connectivity index (χ1) is 12.4. The van der Waals surface area contributed by atoms with Crippen molar-refractivity contribution in [2.24, 2.45) is 7.05 Å². The third-order valence-corrected chi connectivity index (χ3v) is 4.53. The highest BCUT2D eigenvalue weighted by molar-refractivity contribution is 5.84. The molecule has 0 spiro atoms. The Bertz CT molecular complexity index is 554. The summed E-state index contributed by atoms with van der Waals surface area (Å²) in [5, 5.41) is 2.92. The predicted molar refractivity (Wildman–Crippen MR) is 106 cm³/mol. The van der Waals surface area contributed by atoms with Gasteiger partial charge in [-0.1, -0.05) is 26.7 Å². The van der Waals surface area contributed by atoms with Gasteiger partial charge in [-0.25, -0.2) is 4.79 Å². The summed E-state index contributed by atoms with van der Waals surface area (Å²) in [6.45, 7) is 10.1. The molecule has 0 aromatic carbocycles. The zero-order valence-electron chi connectivity index (χ0n) is 17.1. The van der Waals surface area contributed by atoms with Crippen LogP contribution in [0.3, 0.4) is 0 Å². The largest absolute Gasteiger partial charge is 0.353 e. The van der Waals surface area contributed by atoms with E-state index in [-0.39, 0.29) is 24.5 Å². The lowest BCUT2D eigenvalue weighted by Gasteiger charge is -2.30. The van der Waals surface area contributed by atoms with E-state index in [1.165, 1.54) is 0 Å². The van der Waals surface area contributed by atoms with Crippen LogP contribution in [0.2, 0.25) is 0 Å². The molecule has 0 fully saturated rings. The quantitative estimate of drug-likeness (QED) is 0.612.